The van der Waals surface area contributed by atoms with E-state index in [0.29, 0.717) is 0 Å². The minimum atomic E-state index is -0.130. The normalized spacial score (nSPS) is 12.6. The van der Waals surface area contributed by atoms with Gasteiger partial charge >= 0.3 is 0 Å². The minimum Gasteiger partial charge on any atom is -0.458 e. The highest BCUT2D eigenvalue weighted by molar-refractivity contribution is 6.99. The van der Waals surface area contributed by atoms with Crippen molar-refractivity contribution >= 4 is 88.5 Å². The van der Waals surface area contributed by atoms with Crippen LogP contribution in [0.4, 0.5) is 0 Å². The van der Waals surface area contributed by atoms with Gasteiger partial charge < -0.3 is 18.4 Å². The first-order chi connectivity index (χ1) is 35.2. The van der Waals surface area contributed by atoms with Gasteiger partial charge in [-0.05, 0) is 123 Å². The molecule has 11 aromatic carbocycles. The van der Waals surface area contributed by atoms with Gasteiger partial charge in [0.25, 0.3) is 6.71 Å². The summed E-state index contributed by atoms with van der Waals surface area (Å²) < 4.78 is 14.8. The second-order valence-corrected chi connectivity index (χ2v) is 19.2. The lowest BCUT2D eigenvalue weighted by Crippen LogP contribution is -2.58. The Kier molecular flexibility index (Phi) is 7.94. The van der Waals surface area contributed by atoms with Crippen LogP contribution in [0.15, 0.2) is 243 Å². The van der Waals surface area contributed by atoms with E-state index in [1.54, 1.807) is 0 Å². The van der Waals surface area contributed by atoms with Crippen molar-refractivity contribution in [2.24, 2.45) is 0 Å². The van der Waals surface area contributed by atoms with E-state index in [2.05, 4.69) is 256 Å². The lowest BCUT2D eigenvalue weighted by Gasteiger charge is -2.34. The maximum absolute atomic E-state index is 7.27. The second kappa shape index (κ2) is 14.6. The van der Waals surface area contributed by atoms with Gasteiger partial charge in [0.15, 0.2) is 0 Å². The summed E-state index contributed by atoms with van der Waals surface area (Å²) in [6, 6.07) is 89.2. The molecule has 4 nitrogen and oxygen atoms in total. The highest BCUT2D eigenvalue weighted by Gasteiger charge is 2.42. The fourth-order valence-corrected chi connectivity index (χ4v) is 12.5. The number of ether oxygens (including phenoxy) is 1. The fraction of sp³-hybridized carbons (Fsp3) is 0. The molecule has 0 spiro atoms. The van der Waals surface area contributed by atoms with E-state index in [0.717, 1.165) is 45.2 Å². The second-order valence-electron chi connectivity index (χ2n) is 19.2. The number of rotatable bonds is 5. The smallest absolute Gasteiger partial charge is 0.256 e. The van der Waals surface area contributed by atoms with Gasteiger partial charge in [-0.2, -0.15) is 0 Å². The Balaban J connectivity index is 1.05. The number of para-hydroxylation sites is 4. The van der Waals surface area contributed by atoms with Crippen LogP contribution < -0.4 is 21.1 Å². The summed E-state index contributed by atoms with van der Waals surface area (Å²) in [5, 5.41) is 7.40. The quantitative estimate of drug-likeness (QED) is 0.158. The standard InChI is InChI=1S/C66H40BN3O/c1-3-17-41(18-4-1)43-31-34-63-55(35-43)67-56-40-46(69-59-29-15-11-25-51(59)52-26-12-16-30-60(52)69)39-54-53-38-45(68-57-27-13-9-23-49(57)50-24-10-14-28-58(50)68)32-33-61(53)70(66(54)56)62-36-44(37-64(71-63)65(62)67)48-22-8-7-21-47(48)42-19-5-2-6-20-42/h1-40H. The van der Waals surface area contributed by atoms with Gasteiger partial charge in [0.2, 0.25) is 0 Å². The van der Waals surface area contributed by atoms with Crippen LogP contribution in [0.2, 0.25) is 0 Å². The van der Waals surface area contributed by atoms with Crippen LogP contribution in [0.1, 0.15) is 0 Å². The average molecular weight is 902 g/mol. The van der Waals surface area contributed by atoms with E-state index < -0.39 is 0 Å². The molecule has 3 aromatic heterocycles. The maximum atomic E-state index is 7.27. The predicted octanol–water partition coefficient (Wildman–Crippen LogP) is 14.9. The van der Waals surface area contributed by atoms with Crippen LogP contribution >= 0.6 is 0 Å². The van der Waals surface area contributed by atoms with Gasteiger partial charge in [-0.1, -0.05) is 170 Å². The molecule has 0 atom stereocenters. The first-order valence-electron chi connectivity index (χ1n) is 24.5. The zero-order valence-electron chi connectivity index (χ0n) is 38.4. The van der Waals surface area contributed by atoms with Gasteiger partial charge in [0.05, 0.1) is 27.6 Å². The summed E-state index contributed by atoms with van der Waals surface area (Å²) >= 11 is 0. The summed E-state index contributed by atoms with van der Waals surface area (Å²) in [6.07, 6.45) is 0. The topological polar surface area (TPSA) is 24.0 Å². The molecule has 71 heavy (non-hydrogen) atoms. The zero-order valence-corrected chi connectivity index (χ0v) is 38.4. The number of hydrogen-bond acceptors (Lipinski definition) is 1. The van der Waals surface area contributed by atoms with Gasteiger partial charge in [-0.25, -0.2) is 0 Å². The Morgan fingerprint density at radius 1 is 0.296 bits per heavy atom. The SMILES string of the molecule is c1ccc(-c2ccc3c(c2)B2c4c(cc(-c5ccccc5-c5ccccc5)cc4-n4c5ccc(-n6c7ccccc7c7ccccc76)cc5c5cc(-n6c7ccccc7c7ccccc76)cc2c54)O3)cc1. The lowest BCUT2D eigenvalue weighted by molar-refractivity contribution is 0.487. The van der Waals surface area contributed by atoms with E-state index in [1.165, 1.54) is 98.5 Å². The van der Waals surface area contributed by atoms with Gasteiger partial charge in [-0.3, -0.25) is 0 Å². The third-order valence-corrected chi connectivity index (χ3v) is 15.5. The number of fused-ring (bicyclic) bond motifs is 13. The zero-order chi connectivity index (χ0) is 46.3. The van der Waals surface area contributed by atoms with Gasteiger partial charge in [-0.15, -0.1) is 0 Å². The van der Waals surface area contributed by atoms with E-state index in [9.17, 15) is 0 Å². The molecule has 14 aromatic rings. The van der Waals surface area contributed by atoms with Gasteiger partial charge in [0.1, 0.15) is 11.5 Å². The number of hydrogen-bond donors (Lipinski definition) is 0. The van der Waals surface area contributed by atoms with Crippen LogP contribution in [0.3, 0.4) is 0 Å². The molecule has 0 N–H and O–H groups in total. The van der Waals surface area contributed by atoms with Crippen molar-refractivity contribution in [1.29, 1.82) is 0 Å². The summed E-state index contributed by atoms with van der Waals surface area (Å²) in [7, 11) is 0. The highest BCUT2D eigenvalue weighted by atomic mass is 16.5. The molecular formula is C66H40BN3O. The van der Waals surface area contributed by atoms with E-state index in [-0.39, 0.29) is 6.71 Å². The number of aromatic nitrogens is 3. The largest absolute Gasteiger partial charge is 0.458 e. The molecule has 2 aliphatic heterocycles. The van der Waals surface area contributed by atoms with Crippen LogP contribution in [-0.4, -0.2) is 20.4 Å². The first kappa shape index (κ1) is 38.6. The number of nitrogens with zero attached hydrogens (tertiary/aromatic N) is 3. The highest BCUT2D eigenvalue weighted by Crippen LogP contribution is 2.44. The van der Waals surface area contributed by atoms with Crippen molar-refractivity contribution < 1.29 is 4.74 Å². The van der Waals surface area contributed by atoms with E-state index in [4.69, 9.17) is 4.74 Å². The van der Waals surface area contributed by atoms with Crippen molar-refractivity contribution in [2.45, 2.75) is 0 Å². The maximum Gasteiger partial charge on any atom is 0.256 e. The third-order valence-electron chi connectivity index (χ3n) is 15.5. The predicted molar refractivity (Wildman–Crippen MR) is 297 cm³/mol. The van der Waals surface area contributed by atoms with E-state index in [1.807, 2.05) is 0 Å². The molecule has 0 amide bonds. The number of benzene rings is 11. The Bertz CT molecular complexity index is 4450. The average Bonchev–Trinajstić information content (AvgIpc) is 4.08. The van der Waals surface area contributed by atoms with Gasteiger partial charge in [0, 0.05) is 54.9 Å². The Morgan fingerprint density at radius 2 is 0.817 bits per heavy atom. The van der Waals surface area contributed by atoms with Crippen molar-refractivity contribution in [1.82, 2.24) is 13.7 Å². The molecule has 2 aliphatic rings. The molecule has 0 fully saturated rings. The van der Waals surface area contributed by atoms with Crippen LogP contribution in [0.25, 0.3) is 116 Å². The molecule has 5 heterocycles. The molecule has 0 saturated carbocycles. The van der Waals surface area contributed by atoms with Crippen molar-refractivity contribution in [2.75, 3.05) is 0 Å². The molecule has 0 unspecified atom stereocenters. The molecule has 0 aliphatic carbocycles. The first-order valence-corrected chi connectivity index (χ1v) is 24.5. The molecule has 328 valence electrons. The van der Waals surface area contributed by atoms with Crippen LogP contribution in [0, 0.1) is 0 Å². The van der Waals surface area contributed by atoms with Crippen molar-refractivity contribution in [3.8, 4) is 61.9 Å². The van der Waals surface area contributed by atoms with Crippen LogP contribution in [-0.2, 0) is 0 Å². The molecule has 0 radical (unpaired) electrons. The Hall–Kier alpha value is -9.32. The Labute approximate surface area is 409 Å². The summed E-state index contributed by atoms with van der Waals surface area (Å²) in [5.41, 5.74) is 21.1. The molecule has 0 bridgehead atoms. The Morgan fingerprint density at radius 3 is 1.45 bits per heavy atom. The fourth-order valence-electron chi connectivity index (χ4n) is 12.5. The van der Waals surface area contributed by atoms with Crippen LogP contribution in [0.5, 0.6) is 11.5 Å². The van der Waals surface area contributed by atoms with E-state index >= 15 is 0 Å². The molecule has 5 heteroatoms. The summed E-state index contributed by atoms with van der Waals surface area (Å²) in [5.74, 6) is 1.77. The third kappa shape index (κ3) is 5.46. The molecule has 16 rings (SSSR count). The van der Waals surface area contributed by atoms with Crippen molar-refractivity contribution in [3.63, 3.8) is 0 Å². The minimum absolute atomic E-state index is 0.130. The van der Waals surface area contributed by atoms with Crippen molar-refractivity contribution in [3.05, 3.63) is 243 Å². The summed E-state index contributed by atoms with van der Waals surface area (Å²) in [6.45, 7) is -0.130. The molecule has 0 saturated heterocycles. The molecular weight excluding hydrogens is 862 g/mol. The monoisotopic (exact) mass is 901 g/mol. The summed E-state index contributed by atoms with van der Waals surface area (Å²) in [4.78, 5) is 0. The lowest BCUT2D eigenvalue weighted by atomic mass is 9.34.